The molecule has 0 radical (unpaired) electrons. The fourth-order valence-corrected chi connectivity index (χ4v) is 2.76. The van der Waals surface area contributed by atoms with Gasteiger partial charge in [0.1, 0.15) is 12.1 Å². The number of nitrogens with one attached hydrogen (secondary N) is 2. The molecule has 6 N–H and O–H groups in total. The van der Waals surface area contributed by atoms with Crippen LogP contribution in [0.4, 0.5) is 0 Å². The van der Waals surface area contributed by atoms with E-state index in [-0.39, 0.29) is 12.8 Å². The largest absolute Gasteiger partial charge is 0.480 e. The molecular formula is C21H25N3O5. The fourth-order valence-electron chi connectivity index (χ4n) is 2.76. The Kier molecular flexibility index (Phi) is 8.32. The summed E-state index contributed by atoms with van der Waals surface area (Å²) in [6.07, 6.45) is 0.333. The molecule has 0 spiro atoms. The van der Waals surface area contributed by atoms with Crippen LogP contribution >= 0.6 is 0 Å². The number of carbonyl (C=O) groups is 3. The zero-order chi connectivity index (χ0) is 21.2. The van der Waals surface area contributed by atoms with E-state index in [1.54, 1.807) is 30.3 Å². The van der Waals surface area contributed by atoms with E-state index in [0.29, 0.717) is 0 Å². The van der Waals surface area contributed by atoms with Gasteiger partial charge in [0.05, 0.1) is 12.6 Å². The first kappa shape index (κ1) is 22.1. The molecule has 2 aromatic rings. The number of carboxylic acids is 1. The molecule has 0 aliphatic rings. The molecule has 154 valence electrons. The van der Waals surface area contributed by atoms with Gasteiger partial charge in [0, 0.05) is 6.42 Å². The lowest BCUT2D eigenvalue weighted by Gasteiger charge is -2.21. The van der Waals surface area contributed by atoms with E-state index in [4.69, 9.17) is 5.73 Å². The number of aliphatic carboxylic acids is 1. The van der Waals surface area contributed by atoms with Crippen molar-refractivity contribution in [1.29, 1.82) is 0 Å². The topological polar surface area (TPSA) is 142 Å². The Morgan fingerprint density at radius 1 is 0.793 bits per heavy atom. The van der Waals surface area contributed by atoms with Crippen LogP contribution in [0, 0.1) is 0 Å². The smallest absolute Gasteiger partial charge is 0.326 e. The van der Waals surface area contributed by atoms with E-state index in [2.05, 4.69) is 10.6 Å². The van der Waals surface area contributed by atoms with Crippen LogP contribution in [0.15, 0.2) is 60.7 Å². The van der Waals surface area contributed by atoms with Crippen LogP contribution in [0.3, 0.4) is 0 Å². The summed E-state index contributed by atoms with van der Waals surface area (Å²) < 4.78 is 0. The standard InChI is InChI=1S/C21H25N3O5/c22-16(11-14-7-3-1-4-8-14)19(26)24-18(13-25)20(27)23-17(21(28)29)12-15-9-5-2-6-10-15/h1-10,16-18,25H,11-13,22H2,(H,23,27)(H,24,26)(H,28,29)/t16-,17-,18-/m0/s1. The van der Waals surface area contributed by atoms with Crippen LogP contribution in [0.25, 0.3) is 0 Å². The Balaban J connectivity index is 1.95. The maximum absolute atomic E-state index is 12.4. The number of carboxylic acid groups (broad SMARTS) is 1. The third kappa shape index (κ3) is 7.02. The van der Waals surface area contributed by atoms with Crippen LogP contribution < -0.4 is 16.4 Å². The van der Waals surface area contributed by atoms with Crippen molar-refractivity contribution in [3.63, 3.8) is 0 Å². The van der Waals surface area contributed by atoms with E-state index in [1.807, 2.05) is 30.3 Å². The Labute approximate surface area is 168 Å². The van der Waals surface area contributed by atoms with E-state index in [1.165, 1.54) is 0 Å². The number of aliphatic hydroxyl groups excluding tert-OH is 1. The highest BCUT2D eigenvalue weighted by Crippen LogP contribution is 2.05. The van der Waals surface area contributed by atoms with Gasteiger partial charge in [-0.25, -0.2) is 4.79 Å². The minimum absolute atomic E-state index is 0.0710. The number of rotatable bonds is 10. The Hall–Kier alpha value is -3.23. The molecule has 0 saturated carbocycles. The molecule has 0 unspecified atom stereocenters. The van der Waals surface area contributed by atoms with Gasteiger partial charge in [0.15, 0.2) is 0 Å². The minimum atomic E-state index is -1.30. The molecule has 2 rings (SSSR count). The van der Waals surface area contributed by atoms with Gasteiger partial charge in [-0.15, -0.1) is 0 Å². The molecule has 29 heavy (non-hydrogen) atoms. The molecule has 0 saturated heterocycles. The number of benzene rings is 2. The third-order valence-corrected chi connectivity index (χ3v) is 4.35. The summed E-state index contributed by atoms with van der Waals surface area (Å²) in [5.41, 5.74) is 7.47. The van der Waals surface area contributed by atoms with E-state index < -0.39 is 42.5 Å². The van der Waals surface area contributed by atoms with Crippen molar-refractivity contribution < 1.29 is 24.6 Å². The highest BCUT2D eigenvalue weighted by Gasteiger charge is 2.27. The van der Waals surface area contributed by atoms with Gasteiger partial charge in [-0.2, -0.15) is 0 Å². The second-order valence-corrected chi connectivity index (χ2v) is 6.63. The monoisotopic (exact) mass is 399 g/mol. The summed E-state index contributed by atoms with van der Waals surface area (Å²) in [5, 5.41) is 23.6. The average Bonchev–Trinajstić information content (AvgIpc) is 2.72. The summed E-state index contributed by atoms with van der Waals surface area (Å²) >= 11 is 0. The van der Waals surface area contributed by atoms with Crippen molar-refractivity contribution in [2.45, 2.75) is 31.0 Å². The SMILES string of the molecule is N[C@@H](Cc1ccccc1)C(=O)N[C@@H](CO)C(=O)N[C@@H](Cc1ccccc1)C(=O)O. The average molecular weight is 399 g/mol. The van der Waals surface area contributed by atoms with Gasteiger partial charge in [0.25, 0.3) is 0 Å². The molecule has 0 bridgehead atoms. The van der Waals surface area contributed by atoms with Crippen molar-refractivity contribution in [2.24, 2.45) is 5.73 Å². The highest BCUT2D eigenvalue weighted by atomic mass is 16.4. The summed E-state index contributed by atoms with van der Waals surface area (Å²) in [6.45, 7) is -0.687. The minimum Gasteiger partial charge on any atom is -0.480 e. The number of nitrogens with two attached hydrogens (primary N) is 1. The van der Waals surface area contributed by atoms with Gasteiger partial charge in [-0.05, 0) is 17.5 Å². The predicted molar refractivity (Wildman–Crippen MR) is 107 cm³/mol. The molecule has 0 aliphatic heterocycles. The zero-order valence-corrected chi connectivity index (χ0v) is 15.8. The number of carbonyl (C=O) groups excluding carboxylic acids is 2. The summed E-state index contributed by atoms with van der Waals surface area (Å²) in [4.78, 5) is 36.2. The lowest BCUT2D eigenvalue weighted by atomic mass is 10.0. The van der Waals surface area contributed by atoms with Crippen molar-refractivity contribution in [3.05, 3.63) is 71.8 Å². The van der Waals surface area contributed by atoms with Crippen LogP contribution in [-0.2, 0) is 27.2 Å². The van der Waals surface area contributed by atoms with Crippen LogP contribution in [0.2, 0.25) is 0 Å². The molecule has 8 nitrogen and oxygen atoms in total. The number of hydrogen-bond donors (Lipinski definition) is 5. The maximum atomic E-state index is 12.4. The highest BCUT2D eigenvalue weighted by molar-refractivity contribution is 5.92. The van der Waals surface area contributed by atoms with Gasteiger partial charge >= 0.3 is 5.97 Å². The van der Waals surface area contributed by atoms with Crippen LogP contribution in [-0.4, -0.2) is 52.7 Å². The van der Waals surface area contributed by atoms with Crippen molar-refractivity contribution in [2.75, 3.05) is 6.61 Å². The van der Waals surface area contributed by atoms with E-state index in [9.17, 15) is 24.6 Å². The molecule has 0 heterocycles. The summed E-state index contributed by atoms with van der Waals surface area (Å²) in [6, 6.07) is 14.5. The second-order valence-electron chi connectivity index (χ2n) is 6.63. The van der Waals surface area contributed by atoms with Gasteiger partial charge in [-0.3, -0.25) is 9.59 Å². The third-order valence-electron chi connectivity index (χ3n) is 4.35. The molecular weight excluding hydrogens is 374 g/mol. The molecule has 2 amide bonds. The number of hydrogen-bond acceptors (Lipinski definition) is 5. The lowest BCUT2D eigenvalue weighted by Crippen LogP contribution is -2.56. The quantitative estimate of drug-likeness (QED) is 0.376. The zero-order valence-electron chi connectivity index (χ0n) is 15.8. The van der Waals surface area contributed by atoms with Gasteiger partial charge in [-0.1, -0.05) is 60.7 Å². The van der Waals surface area contributed by atoms with Gasteiger partial charge < -0.3 is 26.6 Å². The lowest BCUT2D eigenvalue weighted by molar-refractivity contribution is -0.142. The fraction of sp³-hybridized carbons (Fsp3) is 0.286. The Morgan fingerprint density at radius 3 is 1.76 bits per heavy atom. The number of aliphatic hydroxyl groups is 1. The first-order valence-electron chi connectivity index (χ1n) is 9.18. The van der Waals surface area contributed by atoms with E-state index >= 15 is 0 Å². The summed E-state index contributed by atoms with van der Waals surface area (Å²) in [5.74, 6) is -2.62. The van der Waals surface area contributed by atoms with Crippen LogP contribution in [0.1, 0.15) is 11.1 Å². The summed E-state index contributed by atoms with van der Waals surface area (Å²) in [7, 11) is 0. The molecule has 0 aromatic heterocycles. The first-order valence-corrected chi connectivity index (χ1v) is 9.18. The van der Waals surface area contributed by atoms with E-state index in [0.717, 1.165) is 11.1 Å². The second kappa shape index (κ2) is 10.9. The van der Waals surface area contributed by atoms with Crippen molar-refractivity contribution in [1.82, 2.24) is 10.6 Å². The molecule has 0 fully saturated rings. The van der Waals surface area contributed by atoms with Crippen LogP contribution in [0.5, 0.6) is 0 Å². The normalized spacial score (nSPS) is 13.7. The van der Waals surface area contributed by atoms with Crippen molar-refractivity contribution in [3.8, 4) is 0 Å². The Bertz CT molecular complexity index is 814. The maximum Gasteiger partial charge on any atom is 0.326 e. The Morgan fingerprint density at radius 2 is 1.28 bits per heavy atom. The molecule has 2 aromatic carbocycles. The predicted octanol–water partition coefficient (Wildman–Crippen LogP) is -0.154. The molecule has 8 heteroatoms. The van der Waals surface area contributed by atoms with Gasteiger partial charge in [0.2, 0.25) is 11.8 Å². The number of amides is 2. The molecule has 3 atom stereocenters. The van der Waals surface area contributed by atoms with Crippen molar-refractivity contribution >= 4 is 17.8 Å². The molecule has 0 aliphatic carbocycles. The first-order chi connectivity index (χ1) is 13.9.